The molecule has 22 heavy (non-hydrogen) atoms. The molecule has 0 spiro atoms. The van der Waals surface area contributed by atoms with E-state index in [2.05, 4.69) is 5.32 Å². The second-order valence-corrected chi connectivity index (χ2v) is 7.95. The summed E-state index contributed by atoms with van der Waals surface area (Å²) in [6.45, 7) is 4.34. The Bertz CT molecular complexity index is 540. The van der Waals surface area contributed by atoms with Crippen LogP contribution in [0, 0.1) is 5.92 Å². The molecule has 1 aromatic carbocycles. The number of hydrogen-bond acceptors (Lipinski definition) is 3. The van der Waals surface area contributed by atoms with E-state index in [0.717, 1.165) is 17.7 Å². The summed E-state index contributed by atoms with van der Waals surface area (Å²) in [6.07, 6.45) is 2.27. The lowest BCUT2D eigenvalue weighted by Crippen LogP contribution is -2.54. The van der Waals surface area contributed by atoms with Gasteiger partial charge in [0.15, 0.2) is 0 Å². The largest absolute Gasteiger partial charge is 0.348 e. The molecular weight excluding hydrogens is 363 g/mol. The fraction of sp³-hybridized carbons (Fsp3) is 0.533. The Balaban J connectivity index is 0.00000242. The van der Waals surface area contributed by atoms with Crippen LogP contribution in [0.2, 0.25) is 10.0 Å². The van der Waals surface area contributed by atoms with Crippen LogP contribution in [0.1, 0.15) is 26.7 Å². The number of benzene rings is 1. The third kappa shape index (κ3) is 4.93. The quantitative estimate of drug-likeness (QED) is 0.726. The zero-order chi connectivity index (χ0) is 15.6. The van der Waals surface area contributed by atoms with Gasteiger partial charge in [0, 0.05) is 16.5 Å². The van der Waals surface area contributed by atoms with Crippen molar-refractivity contribution in [3.05, 3.63) is 28.2 Å². The van der Waals surface area contributed by atoms with E-state index in [1.54, 1.807) is 18.2 Å². The van der Waals surface area contributed by atoms with E-state index in [1.165, 1.54) is 11.8 Å². The third-order valence-corrected chi connectivity index (χ3v) is 5.71. The summed E-state index contributed by atoms with van der Waals surface area (Å²) >= 11 is 13.5. The van der Waals surface area contributed by atoms with Gasteiger partial charge < -0.3 is 11.1 Å². The molecule has 1 aliphatic carbocycles. The monoisotopic (exact) mass is 382 g/mol. The minimum atomic E-state index is -0.302. The molecule has 3 nitrogen and oxygen atoms in total. The number of carbonyl (C=O) groups is 1. The van der Waals surface area contributed by atoms with E-state index in [0.29, 0.717) is 22.5 Å². The van der Waals surface area contributed by atoms with Crippen LogP contribution in [-0.2, 0) is 4.79 Å². The van der Waals surface area contributed by atoms with E-state index < -0.39 is 0 Å². The zero-order valence-corrected chi connectivity index (χ0v) is 15.7. The van der Waals surface area contributed by atoms with Crippen molar-refractivity contribution in [3.8, 4) is 0 Å². The molecule has 1 saturated carbocycles. The number of carbonyl (C=O) groups excluding carboxylic acids is 1. The van der Waals surface area contributed by atoms with Crippen LogP contribution in [0.15, 0.2) is 23.1 Å². The van der Waals surface area contributed by atoms with Crippen LogP contribution in [0.3, 0.4) is 0 Å². The van der Waals surface area contributed by atoms with Gasteiger partial charge in [0.2, 0.25) is 5.91 Å². The van der Waals surface area contributed by atoms with Crippen molar-refractivity contribution in [3.63, 3.8) is 0 Å². The highest BCUT2D eigenvalue weighted by atomic mass is 35.5. The fourth-order valence-corrected chi connectivity index (χ4v) is 3.65. The summed E-state index contributed by atoms with van der Waals surface area (Å²) in [5.74, 6) is 0.481. The highest BCUT2D eigenvalue weighted by Gasteiger charge is 2.42. The van der Waals surface area contributed by atoms with Crippen molar-refractivity contribution in [2.24, 2.45) is 11.7 Å². The van der Waals surface area contributed by atoms with Crippen LogP contribution < -0.4 is 11.1 Å². The molecule has 1 amide bonds. The average molecular weight is 384 g/mol. The Kier molecular flexibility index (Phi) is 7.34. The van der Waals surface area contributed by atoms with E-state index in [1.807, 2.05) is 13.8 Å². The molecule has 1 aromatic rings. The summed E-state index contributed by atoms with van der Waals surface area (Å²) in [5, 5.41) is 4.05. The number of halogens is 3. The molecule has 2 rings (SSSR count). The smallest absolute Gasteiger partial charge is 0.233 e. The SMILES string of the molecule is CC(Sc1cc(Cl)ccc1Cl)C(=O)NC(C)(CN)C1CC1.Cl. The number of nitrogens with one attached hydrogen (secondary N) is 1. The predicted octanol–water partition coefficient (Wildman–Crippen LogP) is 4.14. The van der Waals surface area contributed by atoms with Crippen LogP contribution in [0.4, 0.5) is 0 Å². The van der Waals surface area contributed by atoms with Crippen LogP contribution >= 0.6 is 47.4 Å². The molecule has 124 valence electrons. The maximum Gasteiger partial charge on any atom is 0.233 e. The first kappa shape index (κ1) is 19.9. The molecule has 0 aromatic heterocycles. The molecule has 3 N–H and O–H groups in total. The molecule has 0 radical (unpaired) electrons. The van der Waals surface area contributed by atoms with Crippen molar-refractivity contribution in [2.75, 3.05) is 6.54 Å². The minimum absolute atomic E-state index is 0. The molecule has 0 bridgehead atoms. The molecule has 7 heteroatoms. The fourth-order valence-electron chi connectivity index (χ4n) is 2.23. The van der Waals surface area contributed by atoms with Crippen LogP contribution in [0.5, 0.6) is 0 Å². The predicted molar refractivity (Wildman–Crippen MR) is 97.4 cm³/mol. The van der Waals surface area contributed by atoms with Gasteiger partial charge in [-0.25, -0.2) is 0 Å². The molecular formula is C15H21Cl3N2OS. The van der Waals surface area contributed by atoms with Crippen molar-refractivity contribution < 1.29 is 4.79 Å². The van der Waals surface area contributed by atoms with Crippen molar-refractivity contribution >= 4 is 53.3 Å². The Morgan fingerprint density at radius 1 is 1.50 bits per heavy atom. The van der Waals surface area contributed by atoms with Gasteiger partial charge >= 0.3 is 0 Å². The lowest BCUT2D eigenvalue weighted by molar-refractivity contribution is -0.122. The maximum atomic E-state index is 12.4. The van der Waals surface area contributed by atoms with Crippen molar-refractivity contribution in [1.82, 2.24) is 5.32 Å². The Labute approximate surface area is 152 Å². The highest BCUT2D eigenvalue weighted by molar-refractivity contribution is 8.00. The molecule has 2 unspecified atom stereocenters. The lowest BCUT2D eigenvalue weighted by atomic mass is 9.96. The molecule has 1 fully saturated rings. The number of thioether (sulfide) groups is 1. The van der Waals surface area contributed by atoms with E-state index in [9.17, 15) is 4.79 Å². The zero-order valence-electron chi connectivity index (χ0n) is 12.6. The van der Waals surface area contributed by atoms with E-state index in [4.69, 9.17) is 28.9 Å². The van der Waals surface area contributed by atoms with Gasteiger partial charge in [-0.15, -0.1) is 24.2 Å². The van der Waals surface area contributed by atoms with E-state index >= 15 is 0 Å². The normalized spacial score (nSPS) is 18.0. The topological polar surface area (TPSA) is 55.1 Å². The molecule has 1 aliphatic rings. The Morgan fingerprint density at radius 3 is 2.68 bits per heavy atom. The first-order valence-corrected chi connectivity index (χ1v) is 8.63. The lowest BCUT2D eigenvalue weighted by Gasteiger charge is -2.30. The van der Waals surface area contributed by atoms with E-state index in [-0.39, 0.29) is 29.1 Å². The second kappa shape index (κ2) is 8.11. The highest BCUT2D eigenvalue weighted by Crippen LogP contribution is 2.39. The molecule has 0 saturated heterocycles. The minimum Gasteiger partial charge on any atom is -0.348 e. The number of rotatable bonds is 6. The summed E-state index contributed by atoms with van der Waals surface area (Å²) < 4.78 is 0. The Hall–Kier alpha value is -0.130. The number of hydrogen-bond donors (Lipinski definition) is 2. The van der Waals surface area contributed by atoms with Gasteiger partial charge in [0.25, 0.3) is 0 Å². The first-order valence-electron chi connectivity index (χ1n) is 6.99. The number of amides is 1. The summed E-state index contributed by atoms with van der Waals surface area (Å²) in [5.41, 5.74) is 5.53. The summed E-state index contributed by atoms with van der Waals surface area (Å²) in [7, 11) is 0. The molecule has 0 aliphatic heterocycles. The van der Waals surface area contributed by atoms with Gasteiger partial charge in [-0.1, -0.05) is 23.2 Å². The van der Waals surface area contributed by atoms with Crippen LogP contribution in [-0.4, -0.2) is 23.2 Å². The standard InChI is InChI=1S/C15H20Cl2N2OS.ClH/c1-9(21-13-7-11(16)5-6-12(13)17)14(20)19-15(2,8-18)10-3-4-10;/h5-7,9-10H,3-4,8,18H2,1-2H3,(H,19,20);1H. The second-order valence-electron chi connectivity index (χ2n) is 5.72. The summed E-state index contributed by atoms with van der Waals surface area (Å²) in [4.78, 5) is 13.2. The average Bonchev–Trinajstić information content (AvgIpc) is 3.27. The summed E-state index contributed by atoms with van der Waals surface area (Å²) in [6, 6.07) is 5.25. The molecule has 0 heterocycles. The first-order chi connectivity index (χ1) is 9.85. The van der Waals surface area contributed by atoms with Crippen molar-refractivity contribution in [2.45, 2.75) is 42.4 Å². The van der Waals surface area contributed by atoms with Crippen LogP contribution in [0.25, 0.3) is 0 Å². The number of nitrogens with two attached hydrogens (primary N) is 1. The van der Waals surface area contributed by atoms with Gasteiger partial charge in [-0.2, -0.15) is 0 Å². The van der Waals surface area contributed by atoms with Gasteiger partial charge in [0.05, 0.1) is 15.8 Å². The molecule has 2 atom stereocenters. The Morgan fingerprint density at radius 2 is 2.14 bits per heavy atom. The van der Waals surface area contributed by atoms with Gasteiger partial charge in [-0.05, 0) is 50.8 Å². The third-order valence-electron chi connectivity index (χ3n) is 3.88. The van der Waals surface area contributed by atoms with Crippen molar-refractivity contribution in [1.29, 1.82) is 0 Å². The maximum absolute atomic E-state index is 12.4. The van der Waals surface area contributed by atoms with Gasteiger partial charge in [0.1, 0.15) is 0 Å². The van der Waals surface area contributed by atoms with Gasteiger partial charge in [-0.3, -0.25) is 4.79 Å².